The summed E-state index contributed by atoms with van der Waals surface area (Å²) in [5.74, 6) is 1.50. The van der Waals surface area contributed by atoms with Gasteiger partial charge in [-0.25, -0.2) is 8.42 Å². The van der Waals surface area contributed by atoms with Crippen molar-refractivity contribution < 1.29 is 17.8 Å². The van der Waals surface area contributed by atoms with Crippen molar-refractivity contribution in [1.82, 2.24) is 0 Å². The summed E-state index contributed by atoms with van der Waals surface area (Å²) in [4.78, 5) is 10.5. The van der Waals surface area contributed by atoms with E-state index in [-0.39, 0.29) is 10.6 Å². The molecule has 0 bridgehead atoms. The predicted molar refractivity (Wildman–Crippen MR) is 124 cm³/mol. The van der Waals surface area contributed by atoms with Crippen molar-refractivity contribution >= 4 is 43.1 Å². The van der Waals surface area contributed by atoms with Crippen LogP contribution in [-0.2, 0) is 22.9 Å². The lowest BCUT2D eigenvalue weighted by Gasteiger charge is -2.17. The summed E-state index contributed by atoms with van der Waals surface area (Å²) in [6.45, 7) is 3.82. The second-order valence-corrected chi connectivity index (χ2v) is 10.2. The zero-order chi connectivity index (χ0) is 22.6. The molecule has 0 unspecified atom stereocenters. The summed E-state index contributed by atoms with van der Waals surface area (Å²) < 4.78 is 35.5. The summed E-state index contributed by atoms with van der Waals surface area (Å²) >= 11 is 0. The molecule has 4 aromatic rings. The molecule has 0 saturated carbocycles. The molecule has 1 aliphatic carbocycles. The van der Waals surface area contributed by atoms with Crippen LogP contribution in [0.1, 0.15) is 30.2 Å². The number of sulfonamides is 1. The third-order valence-corrected chi connectivity index (χ3v) is 7.72. The minimum absolute atomic E-state index is 0.112. The van der Waals surface area contributed by atoms with E-state index < -0.39 is 14.9 Å². The first kappa shape index (κ1) is 20.5. The number of nitro groups is 1. The van der Waals surface area contributed by atoms with Crippen LogP contribution in [0.2, 0.25) is 0 Å². The molecule has 5 rings (SSSR count). The van der Waals surface area contributed by atoms with Crippen LogP contribution in [-0.4, -0.2) is 13.3 Å². The lowest BCUT2D eigenvalue weighted by molar-refractivity contribution is -0.385. The molecule has 1 heterocycles. The van der Waals surface area contributed by atoms with Gasteiger partial charge in [0.1, 0.15) is 11.3 Å². The van der Waals surface area contributed by atoms with Gasteiger partial charge in [-0.15, -0.1) is 0 Å². The fourth-order valence-electron chi connectivity index (χ4n) is 4.55. The molecule has 0 fully saturated rings. The van der Waals surface area contributed by atoms with Crippen molar-refractivity contribution in [2.24, 2.45) is 5.92 Å². The molecular formula is C24H22N2O5S. The smallest absolute Gasteiger partial charge is 0.270 e. The Bertz CT molecular complexity index is 1500. The third-order valence-electron chi connectivity index (χ3n) is 6.22. The molecule has 3 aromatic carbocycles. The highest BCUT2D eigenvalue weighted by molar-refractivity contribution is 7.92. The standard InChI is InChI=1S/C24H22N2O5S/c1-14-7-10-22-19(11-14)20-13-21(17-5-3-4-6-18(17)24(20)31-22)25-32(29,30)23-12-16(26(27)28)9-8-15(23)2/h3-6,8-9,12-14,25H,7,10-11H2,1-2H3/t14-/m1/s1. The van der Waals surface area contributed by atoms with E-state index in [0.29, 0.717) is 22.6 Å². The normalized spacial score (nSPS) is 16.2. The molecule has 0 saturated heterocycles. The summed E-state index contributed by atoms with van der Waals surface area (Å²) in [6.07, 6.45) is 2.82. The van der Waals surface area contributed by atoms with Gasteiger partial charge in [-0.3, -0.25) is 14.8 Å². The number of benzene rings is 3. The number of anilines is 1. The molecule has 1 N–H and O–H groups in total. The summed E-state index contributed by atoms with van der Waals surface area (Å²) in [7, 11) is -4.06. The Morgan fingerprint density at radius 1 is 1.09 bits per heavy atom. The fourth-order valence-corrected chi connectivity index (χ4v) is 5.88. The van der Waals surface area contributed by atoms with E-state index in [0.717, 1.165) is 53.0 Å². The van der Waals surface area contributed by atoms with Gasteiger partial charge >= 0.3 is 0 Å². The molecule has 1 aliphatic rings. The summed E-state index contributed by atoms with van der Waals surface area (Å²) in [6, 6.07) is 13.2. The second-order valence-electron chi connectivity index (χ2n) is 8.51. The third kappa shape index (κ3) is 3.31. The first-order chi connectivity index (χ1) is 15.2. The van der Waals surface area contributed by atoms with Crippen LogP contribution in [0.5, 0.6) is 0 Å². The van der Waals surface area contributed by atoms with Crippen LogP contribution in [0, 0.1) is 23.0 Å². The van der Waals surface area contributed by atoms with Gasteiger partial charge < -0.3 is 4.42 Å². The number of nitro benzene ring substituents is 1. The Morgan fingerprint density at radius 3 is 2.59 bits per heavy atom. The Hall–Kier alpha value is -3.39. The van der Waals surface area contributed by atoms with Crippen LogP contribution in [0.15, 0.2) is 57.8 Å². The number of hydrogen-bond donors (Lipinski definition) is 1. The number of non-ortho nitro benzene ring substituents is 1. The monoisotopic (exact) mass is 450 g/mol. The molecule has 0 amide bonds. The SMILES string of the molecule is Cc1ccc([N+](=O)[O-])cc1S(=O)(=O)Nc1cc2c3c(oc2c2ccccc12)CC[C@@H](C)C3. The number of furan rings is 1. The molecule has 7 nitrogen and oxygen atoms in total. The number of nitrogens with zero attached hydrogens (tertiary/aromatic N) is 1. The number of aryl methyl sites for hydroxylation is 2. The van der Waals surface area contributed by atoms with Crippen LogP contribution in [0.3, 0.4) is 0 Å². The summed E-state index contributed by atoms with van der Waals surface area (Å²) in [5.41, 5.74) is 2.50. The second kappa shape index (κ2) is 7.34. The molecule has 1 aromatic heterocycles. The minimum Gasteiger partial charge on any atom is -0.460 e. The van der Waals surface area contributed by atoms with Crippen LogP contribution >= 0.6 is 0 Å². The maximum atomic E-state index is 13.3. The van der Waals surface area contributed by atoms with Gasteiger partial charge in [0.05, 0.1) is 15.5 Å². The van der Waals surface area contributed by atoms with Crippen molar-refractivity contribution in [1.29, 1.82) is 0 Å². The van der Waals surface area contributed by atoms with E-state index in [4.69, 9.17) is 4.42 Å². The van der Waals surface area contributed by atoms with Crippen LogP contribution in [0.25, 0.3) is 21.7 Å². The zero-order valence-corrected chi connectivity index (χ0v) is 18.5. The van der Waals surface area contributed by atoms with Gasteiger partial charge in [-0.1, -0.05) is 37.3 Å². The quantitative estimate of drug-likeness (QED) is 0.316. The average molecular weight is 451 g/mol. The Kier molecular flexibility index (Phi) is 4.70. The van der Waals surface area contributed by atoms with Gasteiger partial charge in [0, 0.05) is 40.3 Å². The Balaban J connectivity index is 1.70. The lowest BCUT2D eigenvalue weighted by atomic mass is 9.87. The highest BCUT2D eigenvalue weighted by Gasteiger charge is 2.26. The number of fused-ring (bicyclic) bond motifs is 5. The molecular weight excluding hydrogens is 428 g/mol. The van der Waals surface area contributed by atoms with Crippen LogP contribution < -0.4 is 4.72 Å². The molecule has 164 valence electrons. The van der Waals surface area contributed by atoms with Gasteiger partial charge in [0.25, 0.3) is 15.7 Å². The largest absolute Gasteiger partial charge is 0.460 e. The molecule has 1 atom stereocenters. The van der Waals surface area contributed by atoms with Crippen LogP contribution in [0.4, 0.5) is 11.4 Å². The van der Waals surface area contributed by atoms with Gasteiger partial charge in [0.15, 0.2) is 0 Å². The highest BCUT2D eigenvalue weighted by Crippen LogP contribution is 2.41. The number of hydrogen-bond acceptors (Lipinski definition) is 5. The molecule has 0 spiro atoms. The Morgan fingerprint density at radius 2 is 1.84 bits per heavy atom. The maximum absolute atomic E-state index is 13.3. The zero-order valence-electron chi connectivity index (χ0n) is 17.7. The van der Waals surface area contributed by atoms with Gasteiger partial charge in [0.2, 0.25) is 0 Å². The van der Waals surface area contributed by atoms with Gasteiger partial charge in [-0.05, 0) is 37.3 Å². The lowest BCUT2D eigenvalue weighted by Crippen LogP contribution is -2.15. The van der Waals surface area contributed by atoms with Crippen molar-refractivity contribution in [3.8, 4) is 0 Å². The minimum atomic E-state index is -4.06. The highest BCUT2D eigenvalue weighted by atomic mass is 32.2. The predicted octanol–water partition coefficient (Wildman–Crippen LogP) is 5.73. The number of rotatable bonds is 4. The molecule has 8 heteroatoms. The molecule has 32 heavy (non-hydrogen) atoms. The van der Waals surface area contributed by atoms with Crippen molar-refractivity contribution in [3.63, 3.8) is 0 Å². The van der Waals surface area contributed by atoms with E-state index in [9.17, 15) is 18.5 Å². The van der Waals surface area contributed by atoms with E-state index in [1.54, 1.807) is 6.92 Å². The van der Waals surface area contributed by atoms with Gasteiger partial charge in [-0.2, -0.15) is 0 Å². The summed E-state index contributed by atoms with van der Waals surface area (Å²) in [5, 5.41) is 13.6. The first-order valence-electron chi connectivity index (χ1n) is 10.5. The van der Waals surface area contributed by atoms with Crippen molar-refractivity contribution in [3.05, 3.63) is 75.5 Å². The first-order valence-corrected chi connectivity index (χ1v) is 12.0. The van der Waals surface area contributed by atoms with E-state index >= 15 is 0 Å². The maximum Gasteiger partial charge on any atom is 0.270 e. The average Bonchev–Trinajstić information content (AvgIpc) is 3.11. The van der Waals surface area contributed by atoms with Crippen molar-refractivity contribution in [2.45, 2.75) is 38.0 Å². The van der Waals surface area contributed by atoms with Crippen molar-refractivity contribution in [2.75, 3.05) is 4.72 Å². The Labute approximate surface area is 185 Å². The molecule has 0 aliphatic heterocycles. The fraction of sp³-hybridized carbons (Fsp3) is 0.250. The van der Waals surface area contributed by atoms with E-state index in [1.807, 2.05) is 30.3 Å². The number of nitrogens with one attached hydrogen (secondary N) is 1. The topological polar surface area (TPSA) is 102 Å². The van der Waals surface area contributed by atoms with E-state index in [2.05, 4.69) is 11.6 Å². The molecule has 0 radical (unpaired) electrons. The van der Waals surface area contributed by atoms with E-state index in [1.165, 1.54) is 12.1 Å².